The number of halogens is 1. The molecule has 23 heavy (non-hydrogen) atoms. The van der Waals surface area contributed by atoms with Crippen LogP contribution in [0.15, 0.2) is 78.2 Å². The van der Waals surface area contributed by atoms with Gasteiger partial charge in [-0.05, 0) is 41.8 Å². The zero-order valence-electron chi connectivity index (χ0n) is 12.4. The van der Waals surface area contributed by atoms with Crippen LogP contribution in [-0.2, 0) is 6.42 Å². The van der Waals surface area contributed by atoms with Gasteiger partial charge in [0, 0.05) is 28.5 Å². The van der Waals surface area contributed by atoms with Crippen LogP contribution in [-0.4, -0.2) is 15.9 Å². The zero-order chi connectivity index (χ0) is 16.1. The fourth-order valence-corrected chi connectivity index (χ4v) is 2.63. The van der Waals surface area contributed by atoms with Gasteiger partial charge >= 0.3 is 0 Å². The Morgan fingerprint density at radius 1 is 0.957 bits per heavy atom. The Labute approximate surface area is 139 Å². The maximum Gasteiger partial charge on any atom is 0.117 e. The highest BCUT2D eigenvalue weighted by molar-refractivity contribution is 6.30. The molecular formula is C19H15ClN2O. The maximum absolute atomic E-state index is 9.51. The van der Waals surface area contributed by atoms with Crippen LogP contribution in [0.2, 0.25) is 5.02 Å². The van der Waals surface area contributed by atoms with Gasteiger partial charge in [0.2, 0.25) is 0 Å². The number of oxime groups is 1. The van der Waals surface area contributed by atoms with Gasteiger partial charge in [-0.25, -0.2) is 0 Å². The van der Waals surface area contributed by atoms with Gasteiger partial charge in [0.1, 0.15) is 5.71 Å². The van der Waals surface area contributed by atoms with Crippen molar-refractivity contribution in [2.75, 3.05) is 0 Å². The molecule has 0 aliphatic rings. The predicted octanol–water partition coefficient (Wildman–Crippen LogP) is 4.55. The Hall–Kier alpha value is -2.65. The van der Waals surface area contributed by atoms with Gasteiger partial charge in [-0.2, -0.15) is 0 Å². The standard InChI is InChI=1S/C19H15ClN2O/c20-17-7-5-14(6-8-17)13-16-3-1-2-4-18(16)19(22-23)15-9-11-21-12-10-15/h1-12,23H,13H2. The summed E-state index contributed by atoms with van der Waals surface area (Å²) in [5, 5.41) is 13.7. The van der Waals surface area contributed by atoms with Crippen molar-refractivity contribution in [3.63, 3.8) is 0 Å². The molecule has 114 valence electrons. The second kappa shape index (κ2) is 7.07. The van der Waals surface area contributed by atoms with Crippen LogP contribution in [0, 0.1) is 0 Å². The van der Waals surface area contributed by atoms with Crippen molar-refractivity contribution in [2.45, 2.75) is 6.42 Å². The van der Waals surface area contributed by atoms with E-state index in [-0.39, 0.29) is 0 Å². The fraction of sp³-hybridized carbons (Fsp3) is 0.0526. The van der Waals surface area contributed by atoms with Gasteiger partial charge in [-0.1, -0.05) is 53.2 Å². The second-order valence-corrected chi connectivity index (χ2v) is 5.58. The Morgan fingerprint density at radius 2 is 1.65 bits per heavy atom. The minimum atomic E-state index is 0.539. The Bertz CT molecular complexity index is 814. The minimum absolute atomic E-state index is 0.539. The molecule has 0 spiro atoms. The van der Waals surface area contributed by atoms with Crippen molar-refractivity contribution in [1.82, 2.24) is 4.98 Å². The molecule has 3 aromatic rings. The van der Waals surface area contributed by atoms with Gasteiger partial charge in [-0.15, -0.1) is 0 Å². The molecule has 0 saturated heterocycles. The molecule has 0 saturated carbocycles. The Kier molecular flexibility index (Phi) is 4.69. The van der Waals surface area contributed by atoms with Crippen molar-refractivity contribution in [3.8, 4) is 0 Å². The highest BCUT2D eigenvalue weighted by Crippen LogP contribution is 2.20. The number of benzene rings is 2. The fourth-order valence-electron chi connectivity index (χ4n) is 2.50. The average Bonchev–Trinajstić information content (AvgIpc) is 2.60. The number of rotatable bonds is 4. The molecule has 3 rings (SSSR count). The predicted molar refractivity (Wildman–Crippen MR) is 92.4 cm³/mol. The Morgan fingerprint density at radius 3 is 2.35 bits per heavy atom. The molecule has 1 heterocycles. The van der Waals surface area contributed by atoms with E-state index in [1.54, 1.807) is 12.4 Å². The van der Waals surface area contributed by atoms with E-state index in [0.29, 0.717) is 5.71 Å². The molecule has 1 aromatic heterocycles. The van der Waals surface area contributed by atoms with Crippen molar-refractivity contribution in [1.29, 1.82) is 0 Å². The molecule has 0 aliphatic heterocycles. The maximum atomic E-state index is 9.51. The summed E-state index contributed by atoms with van der Waals surface area (Å²) in [6.07, 6.45) is 4.10. The van der Waals surface area contributed by atoms with Crippen LogP contribution in [0.25, 0.3) is 0 Å². The number of aromatic nitrogens is 1. The molecule has 2 aromatic carbocycles. The highest BCUT2D eigenvalue weighted by atomic mass is 35.5. The van der Waals surface area contributed by atoms with E-state index in [1.165, 1.54) is 0 Å². The molecule has 0 aliphatic carbocycles. The lowest BCUT2D eigenvalue weighted by Gasteiger charge is -2.11. The van der Waals surface area contributed by atoms with Crippen LogP contribution in [0.3, 0.4) is 0 Å². The van der Waals surface area contributed by atoms with Gasteiger partial charge in [0.25, 0.3) is 0 Å². The first kappa shape index (κ1) is 15.3. The van der Waals surface area contributed by atoms with Crippen molar-refractivity contribution in [2.24, 2.45) is 5.16 Å². The summed E-state index contributed by atoms with van der Waals surface area (Å²) in [5.41, 5.74) is 4.49. The lowest BCUT2D eigenvalue weighted by Crippen LogP contribution is -2.07. The quantitative estimate of drug-likeness (QED) is 0.435. The van der Waals surface area contributed by atoms with E-state index in [9.17, 15) is 5.21 Å². The van der Waals surface area contributed by atoms with E-state index in [4.69, 9.17) is 11.6 Å². The third-order valence-corrected chi connectivity index (χ3v) is 3.89. The van der Waals surface area contributed by atoms with E-state index in [2.05, 4.69) is 10.1 Å². The highest BCUT2D eigenvalue weighted by Gasteiger charge is 2.12. The van der Waals surface area contributed by atoms with E-state index < -0.39 is 0 Å². The van der Waals surface area contributed by atoms with E-state index in [0.717, 1.165) is 33.7 Å². The molecular weight excluding hydrogens is 308 g/mol. The summed E-state index contributed by atoms with van der Waals surface area (Å²) in [4.78, 5) is 4.01. The van der Waals surface area contributed by atoms with Crippen LogP contribution in [0.1, 0.15) is 22.3 Å². The number of pyridine rings is 1. The van der Waals surface area contributed by atoms with Crippen molar-refractivity contribution < 1.29 is 5.21 Å². The summed E-state index contributed by atoms with van der Waals surface area (Å²) >= 11 is 5.94. The zero-order valence-corrected chi connectivity index (χ0v) is 13.1. The molecule has 3 nitrogen and oxygen atoms in total. The van der Waals surface area contributed by atoms with Gasteiger partial charge < -0.3 is 5.21 Å². The first-order valence-corrected chi connectivity index (χ1v) is 7.61. The van der Waals surface area contributed by atoms with Gasteiger partial charge in [0.05, 0.1) is 0 Å². The number of hydrogen-bond acceptors (Lipinski definition) is 3. The third-order valence-electron chi connectivity index (χ3n) is 3.63. The minimum Gasteiger partial charge on any atom is -0.410 e. The largest absolute Gasteiger partial charge is 0.410 e. The smallest absolute Gasteiger partial charge is 0.117 e. The normalized spacial score (nSPS) is 11.4. The second-order valence-electron chi connectivity index (χ2n) is 5.14. The average molecular weight is 323 g/mol. The van der Waals surface area contributed by atoms with Crippen LogP contribution in [0.4, 0.5) is 0 Å². The van der Waals surface area contributed by atoms with Crippen LogP contribution in [0.5, 0.6) is 0 Å². The summed E-state index contributed by atoms with van der Waals surface area (Å²) in [7, 11) is 0. The molecule has 0 amide bonds. The number of hydrogen-bond donors (Lipinski definition) is 1. The van der Waals surface area contributed by atoms with Gasteiger partial charge in [-0.3, -0.25) is 4.98 Å². The molecule has 0 atom stereocenters. The first-order valence-electron chi connectivity index (χ1n) is 7.23. The monoisotopic (exact) mass is 322 g/mol. The van der Waals surface area contributed by atoms with Crippen molar-refractivity contribution >= 4 is 17.3 Å². The molecule has 0 radical (unpaired) electrons. The molecule has 0 unspecified atom stereocenters. The molecule has 4 heteroatoms. The number of nitrogens with zero attached hydrogens (tertiary/aromatic N) is 2. The summed E-state index contributed by atoms with van der Waals surface area (Å²) < 4.78 is 0. The first-order chi connectivity index (χ1) is 11.3. The SMILES string of the molecule is ON=C(c1ccncc1)c1ccccc1Cc1ccc(Cl)cc1. The van der Waals surface area contributed by atoms with E-state index in [1.807, 2.05) is 60.7 Å². The summed E-state index contributed by atoms with van der Waals surface area (Å²) in [6, 6.07) is 19.3. The van der Waals surface area contributed by atoms with Crippen LogP contribution < -0.4 is 0 Å². The summed E-state index contributed by atoms with van der Waals surface area (Å²) in [5.74, 6) is 0. The molecule has 0 fully saturated rings. The third kappa shape index (κ3) is 3.58. The van der Waals surface area contributed by atoms with E-state index >= 15 is 0 Å². The molecule has 1 N–H and O–H groups in total. The lowest BCUT2D eigenvalue weighted by atomic mass is 9.94. The Balaban J connectivity index is 1.99. The van der Waals surface area contributed by atoms with Crippen LogP contribution >= 0.6 is 11.6 Å². The molecule has 0 bridgehead atoms. The van der Waals surface area contributed by atoms with Gasteiger partial charge in [0.15, 0.2) is 0 Å². The van der Waals surface area contributed by atoms with Crippen molar-refractivity contribution in [3.05, 3.63) is 100 Å². The topological polar surface area (TPSA) is 45.5 Å². The lowest BCUT2D eigenvalue weighted by molar-refractivity contribution is 0.319. The summed E-state index contributed by atoms with van der Waals surface area (Å²) in [6.45, 7) is 0.